The van der Waals surface area contributed by atoms with Gasteiger partial charge in [0.2, 0.25) is 0 Å². The topological polar surface area (TPSA) is 92.2 Å². The van der Waals surface area contributed by atoms with E-state index >= 15 is 0 Å². The summed E-state index contributed by atoms with van der Waals surface area (Å²) in [6, 6.07) is 0. The molecule has 0 atom stereocenters. The van der Waals surface area contributed by atoms with E-state index in [2.05, 4.69) is 0 Å². The van der Waals surface area contributed by atoms with Gasteiger partial charge in [-0.1, -0.05) is 0 Å². The SMILES string of the molecule is C[O-].C[O-].C[O-].C[O-].[Ge+4]. The van der Waals surface area contributed by atoms with Gasteiger partial charge in [0.05, 0.1) is 0 Å². The van der Waals surface area contributed by atoms with Gasteiger partial charge < -0.3 is 20.4 Å². The van der Waals surface area contributed by atoms with Crippen LogP contribution in [0.3, 0.4) is 0 Å². The Hall–Kier alpha value is 0.383. The van der Waals surface area contributed by atoms with Crippen molar-refractivity contribution in [3.8, 4) is 0 Å². The van der Waals surface area contributed by atoms with Gasteiger partial charge in [-0.15, -0.1) is 0 Å². The Kier molecular flexibility index (Phi) is 11900. The molecule has 5 heteroatoms. The maximum atomic E-state index is 8.25. The van der Waals surface area contributed by atoms with Crippen molar-refractivity contribution in [2.24, 2.45) is 0 Å². The summed E-state index contributed by atoms with van der Waals surface area (Å²) in [4.78, 5) is 0. The van der Waals surface area contributed by atoms with Gasteiger partial charge in [0.1, 0.15) is 0 Å². The van der Waals surface area contributed by atoms with E-state index in [0.29, 0.717) is 0 Å². The summed E-state index contributed by atoms with van der Waals surface area (Å²) in [5.41, 5.74) is 0. The second kappa shape index (κ2) is 3120. The van der Waals surface area contributed by atoms with E-state index in [0.717, 1.165) is 28.4 Å². The first kappa shape index (κ1) is 34.3. The molecule has 0 saturated heterocycles. The quantitative estimate of drug-likeness (QED) is 0.366. The third-order valence-electron chi connectivity index (χ3n) is 0. The first-order chi connectivity index (χ1) is 4.00. The van der Waals surface area contributed by atoms with Crippen molar-refractivity contribution in [2.45, 2.75) is 0 Å². The molecule has 0 aromatic carbocycles. The second-order valence-corrected chi connectivity index (χ2v) is 0. The van der Waals surface area contributed by atoms with Crippen LogP contribution in [0.1, 0.15) is 0 Å². The predicted molar refractivity (Wildman–Crippen MR) is 29.4 cm³/mol. The van der Waals surface area contributed by atoms with Crippen LogP contribution < -0.4 is 20.4 Å². The Bertz CT molecular complexity index is 12.5. The molecule has 0 N–H and O–H groups in total. The van der Waals surface area contributed by atoms with Crippen molar-refractivity contribution in [1.82, 2.24) is 0 Å². The van der Waals surface area contributed by atoms with E-state index < -0.39 is 0 Å². The minimum atomic E-state index is 0. The van der Waals surface area contributed by atoms with Crippen molar-refractivity contribution in [3.05, 3.63) is 0 Å². The van der Waals surface area contributed by atoms with E-state index in [-0.39, 0.29) is 17.6 Å². The number of hydrogen-bond acceptors (Lipinski definition) is 4. The summed E-state index contributed by atoms with van der Waals surface area (Å²) >= 11 is 0. The average Bonchev–Trinajstić information content (AvgIpc) is 2.03. The van der Waals surface area contributed by atoms with Crippen molar-refractivity contribution in [3.63, 3.8) is 0 Å². The minimum Gasteiger partial charge on any atom is -0.857 e. The van der Waals surface area contributed by atoms with E-state index in [1.807, 2.05) is 0 Å². The zero-order chi connectivity index (χ0) is 8.00. The van der Waals surface area contributed by atoms with Crippen LogP contribution in [0.15, 0.2) is 0 Å². The first-order valence-electron chi connectivity index (χ1n) is 1.63. The van der Waals surface area contributed by atoms with E-state index in [9.17, 15) is 0 Å². The summed E-state index contributed by atoms with van der Waals surface area (Å²) in [5.74, 6) is 0. The molecular weight excluding hydrogens is 185 g/mol. The molecule has 0 fully saturated rings. The first-order valence-corrected chi connectivity index (χ1v) is 1.63. The maximum Gasteiger partial charge on any atom is 4.00 e. The molecule has 0 unspecified atom stereocenters. The van der Waals surface area contributed by atoms with Crippen LogP contribution in [0.25, 0.3) is 0 Å². The Morgan fingerprint density at radius 1 is 0.444 bits per heavy atom. The number of hydrogen-bond donors (Lipinski definition) is 0. The molecule has 0 aliphatic heterocycles. The summed E-state index contributed by atoms with van der Waals surface area (Å²) in [6.45, 7) is 0. The summed E-state index contributed by atoms with van der Waals surface area (Å²) < 4.78 is 0. The zero-order valence-electron chi connectivity index (χ0n) is 6.13. The molecule has 0 rings (SSSR count). The minimum absolute atomic E-state index is 0. The van der Waals surface area contributed by atoms with Gasteiger partial charge in [-0.25, -0.2) is 0 Å². The van der Waals surface area contributed by atoms with E-state index in [1.165, 1.54) is 0 Å². The van der Waals surface area contributed by atoms with Crippen molar-refractivity contribution < 1.29 is 20.4 Å². The monoisotopic (exact) mass is 198 g/mol. The predicted octanol–water partition coefficient (Wildman–Crippen LogP) is -4.47. The molecule has 0 aromatic heterocycles. The summed E-state index contributed by atoms with van der Waals surface area (Å²) in [7, 11) is 3.00. The average molecular weight is 197 g/mol. The molecule has 4 nitrogen and oxygen atoms in total. The third-order valence-corrected chi connectivity index (χ3v) is 0. The molecular formula is C4H12GeO4. The summed E-state index contributed by atoms with van der Waals surface area (Å²) in [5, 5.41) is 33.0. The Balaban J connectivity index is -0.00000000762. The van der Waals surface area contributed by atoms with Gasteiger partial charge in [-0.05, 0) is 0 Å². The van der Waals surface area contributed by atoms with Gasteiger partial charge in [0.25, 0.3) is 0 Å². The van der Waals surface area contributed by atoms with Crippen LogP contribution >= 0.6 is 0 Å². The van der Waals surface area contributed by atoms with E-state index in [1.54, 1.807) is 0 Å². The van der Waals surface area contributed by atoms with Crippen LogP contribution in [-0.2, 0) is 0 Å². The van der Waals surface area contributed by atoms with Crippen molar-refractivity contribution in [1.29, 1.82) is 0 Å². The van der Waals surface area contributed by atoms with Gasteiger partial charge in [0, 0.05) is 0 Å². The van der Waals surface area contributed by atoms with Crippen LogP contribution in [0.4, 0.5) is 0 Å². The van der Waals surface area contributed by atoms with Gasteiger partial charge in [0.15, 0.2) is 0 Å². The molecule has 56 valence electrons. The van der Waals surface area contributed by atoms with Crippen LogP contribution in [0, 0.1) is 0 Å². The van der Waals surface area contributed by atoms with Crippen LogP contribution in [0.2, 0.25) is 0 Å². The standard InChI is InChI=1S/4CH3O.Ge/c4*1-2;/h4*1H3;/q4*-1;+4. The third kappa shape index (κ3) is 2330. The molecule has 0 heterocycles. The fourth-order valence-corrected chi connectivity index (χ4v) is 0. The molecule has 9 heavy (non-hydrogen) atoms. The smallest absolute Gasteiger partial charge is 0.857 e. The molecule has 0 aliphatic carbocycles. The second-order valence-electron chi connectivity index (χ2n) is 0. The van der Waals surface area contributed by atoms with Gasteiger partial charge in [-0.3, -0.25) is 0 Å². The molecule has 0 spiro atoms. The van der Waals surface area contributed by atoms with Crippen molar-refractivity contribution >= 4 is 17.6 Å². The van der Waals surface area contributed by atoms with Gasteiger partial charge in [-0.2, -0.15) is 28.4 Å². The van der Waals surface area contributed by atoms with Gasteiger partial charge >= 0.3 is 17.6 Å². The molecule has 0 aliphatic rings. The normalized spacial score (nSPS) is 2.67. The maximum absolute atomic E-state index is 8.25. The molecule has 0 amide bonds. The fourth-order valence-electron chi connectivity index (χ4n) is 0. The van der Waals surface area contributed by atoms with Crippen LogP contribution in [0.5, 0.6) is 0 Å². The summed E-state index contributed by atoms with van der Waals surface area (Å²) in [6.07, 6.45) is 0. The molecule has 0 radical (unpaired) electrons. The fraction of sp³-hybridized carbons (Fsp3) is 1.00. The largest absolute Gasteiger partial charge is 4.00 e. The van der Waals surface area contributed by atoms with E-state index in [4.69, 9.17) is 20.4 Å². The molecule has 0 saturated carbocycles. The Morgan fingerprint density at radius 3 is 0.444 bits per heavy atom. The molecule has 0 aromatic rings. The Morgan fingerprint density at radius 2 is 0.444 bits per heavy atom. The molecule has 0 bridgehead atoms. The zero-order valence-corrected chi connectivity index (χ0v) is 8.23. The van der Waals surface area contributed by atoms with Crippen molar-refractivity contribution in [2.75, 3.05) is 28.4 Å². The number of rotatable bonds is 0. The Labute approximate surface area is 67.1 Å². The van der Waals surface area contributed by atoms with Crippen LogP contribution in [-0.4, -0.2) is 46.0 Å².